The molecular weight excluding hydrogens is 174 g/mol. The molecule has 0 radical (unpaired) electrons. The van der Waals surface area contributed by atoms with Crippen molar-refractivity contribution in [2.75, 3.05) is 13.2 Å². The molecule has 0 saturated carbocycles. The molecule has 0 aliphatic carbocycles. The van der Waals surface area contributed by atoms with E-state index in [4.69, 9.17) is 13.9 Å². The van der Waals surface area contributed by atoms with E-state index >= 15 is 0 Å². The fraction of sp³-hybridized carbons (Fsp3) is 0.667. The maximum absolute atomic E-state index is 8.88. The van der Waals surface area contributed by atoms with Crippen molar-refractivity contribution >= 4 is 8.60 Å². The van der Waals surface area contributed by atoms with E-state index in [-0.39, 0.29) is 31.0 Å². The zero-order valence-corrected chi connectivity index (χ0v) is 10.0. The van der Waals surface area contributed by atoms with Crippen molar-refractivity contribution in [3.63, 3.8) is 0 Å². The van der Waals surface area contributed by atoms with Crippen LogP contribution in [0.15, 0.2) is 12.7 Å². The summed E-state index contributed by atoms with van der Waals surface area (Å²) in [5.74, 6) is 0. The summed E-state index contributed by atoms with van der Waals surface area (Å²) in [6, 6.07) is 0. The molecule has 11 heavy (non-hydrogen) atoms. The van der Waals surface area contributed by atoms with Crippen LogP contribution >= 0.6 is 8.60 Å². The minimum atomic E-state index is -1.66. The molecule has 0 aromatic heterocycles. The SMILES string of the molecule is C=CCOP(O)OCCC.[H-].[Na+]. The molecule has 3 nitrogen and oxygen atoms in total. The van der Waals surface area contributed by atoms with Crippen LogP contribution in [0.25, 0.3) is 0 Å². The first-order valence-corrected chi connectivity index (χ1v) is 4.30. The molecule has 0 saturated heterocycles. The van der Waals surface area contributed by atoms with Crippen LogP contribution in [0.2, 0.25) is 0 Å². The number of hydrogen-bond acceptors (Lipinski definition) is 3. The molecule has 1 atom stereocenters. The average Bonchev–Trinajstić information content (AvgIpc) is 1.97. The summed E-state index contributed by atoms with van der Waals surface area (Å²) in [6.45, 7) is 6.28. The fourth-order valence-electron chi connectivity index (χ4n) is 0.323. The minimum absolute atomic E-state index is 0. The predicted molar refractivity (Wildman–Crippen MR) is 42.6 cm³/mol. The standard InChI is InChI=1S/C6H13O3P.Na.H/c1-3-5-8-10(7)9-6-4-2;;/h3,7H,1,4-6H2,2H3;;/q;+1;-1. The van der Waals surface area contributed by atoms with Gasteiger partial charge in [0.25, 0.3) is 0 Å². The average molecular weight is 188 g/mol. The van der Waals surface area contributed by atoms with Crippen LogP contribution in [0.4, 0.5) is 0 Å². The topological polar surface area (TPSA) is 38.7 Å². The second kappa shape index (κ2) is 11.1. The van der Waals surface area contributed by atoms with Crippen molar-refractivity contribution in [3.8, 4) is 0 Å². The normalized spacial score (nSPS) is 11.8. The molecule has 1 unspecified atom stereocenters. The minimum Gasteiger partial charge on any atom is -1.00 e. The van der Waals surface area contributed by atoms with Gasteiger partial charge in [-0.25, -0.2) is 0 Å². The molecule has 0 spiro atoms. The van der Waals surface area contributed by atoms with Crippen LogP contribution in [0.5, 0.6) is 0 Å². The quantitative estimate of drug-likeness (QED) is 0.328. The smallest absolute Gasteiger partial charge is 1.00 e. The Labute approximate surface area is 92.6 Å². The summed E-state index contributed by atoms with van der Waals surface area (Å²) in [5.41, 5.74) is 0. The summed E-state index contributed by atoms with van der Waals surface area (Å²) in [4.78, 5) is 8.88. The van der Waals surface area contributed by atoms with Crippen molar-refractivity contribution in [1.82, 2.24) is 0 Å². The Kier molecular flexibility index (Phi) is 14.6. The van der Waals surface area contributed by atoms with E-state index in [9.17, 15) is 0 Å². The molecule has 0 bridgehead atoms. The fourth-order valence-corrected chi connectivity index (χ4v) is 0.969. The summed E-state index contributed by atoms with van der Waals surface area (Å²) < 4.78 is 9.62. The van der Waals surface area contributed by atoms with E-state index in [1.807, 2.05) is 6.92 Å². The largest absolute Gasteiger partial charge is 1.00 e. The third kappa shape index (κ3) is 11.0. The van der Waals surface area contributed by atoms with E-state index in [0.717, 1.165) is 6.42 Å². The van der Waals surface area contributed by atoms with E-state index in [1.54, 1.807) is 6.08 Å². The Morgan fingerprint density at radius 3 is 2.73 bits per heavy atom. The van der Waals surface area contributed by atoms with Gasteiger partial charge in [0.05, 0.1) is 13.2 Å². The molecule has 1 N–H and O–H groups in total. The Hall–Kier alpha value is 1.05. The van der Waals surface area contributed by atoms with Gasteiger partial charge in [-0.05, 0) is 6.42 Å². The van der Waals surface area contributed by atoms with Gasteiger partial charge in [-0.2, -0.15) is 0 Å². The van der Waals surface area contributed by atoms with Crippen LogP contribution in [0, 0.1) is 0 Å². The molecule has 0 aromatic carbocycles. The van der Waals surface area contributed by atoms with Gasteiger partial charge in [0.2, 0.25) is 0 Å². The second-order valence-corrected chi connectivity index (χ2v) is 2.65. The van der Waals surface area contributed by atoms with Gasteiger partial charge in [-0.15, -0.1) is 6.58 Å². The van der Waals surface area contributed by atoms with E-state index in [0.29, 0.717) is 13.2 Å². The summed E-state index contributed by atoms with van der Waals surface area (Å²) in [7, 11) is -1.66. The number of rotatable bonds is 6. The van der Waals surface area contributed by atoms with Gasteiger partial charge in [-0.3, -0.25) is 0 Å². The first-order valence-electron chi connectivity index (χ1n) is 3.17. The van der Waals surface area contributed by atoms with Crippen LogP contribution in [0.3, 0.4) is 0 Å². The monoisotopic (exact) mass is 188 g/mol. The molecule has 0 aliphatic heterocycles. The van der Waals surface area contributed by atoms with Crippen LogP contribution < -0.4 is 29.6 Å². The molecule has 0 fully saturated rings. The predicted octanol–water partition coefficient (Wildman–Crippen LogP) is -1.05. The van der Waals surface area contributed by atoms with Gasteiger partial charge < -0.3 is 15.4 Å². The Balaban J connectivity index is -0.000000405. The third-order valence-electron chi connectivity index (χ3n) is 0.709. The maximum atomic E-state index is 8.88. The van der Waals surface area contributed by atoms with Gasteiger partial charge in [-0.1, -0.05) is 13.0 Å². The van der Waals surface area contributed by atoms with Crippen molar-refractivity contribution in [2.45, 2.75) is 13.3 Å². The van der Waals surface area contributed by atoms with Crippen molar-refractivity contribution in [2.24, 2.45) is 0 Å². The maximum Gasteiger partial charge on any atom is 1.00 e. The molecule has 0 aliphatic rings. The molecule has 62 valence electrons. The van der Waals surface area contributed by atoms with Gasteiger partial charge in [0, 0.05) is 0 Å². The van der Waals surface area contributed by atoms with E-state index in [2.05, 4.69) is 6.58 Å². The summed E-state index contributed by atoms with van der Waals surface area (Å²) in [5, 5.41) is 0. The van der Waals surface area contributed by atoms with Crippen molar-refractivity contribution < 1.29 is 44.9 Å². The Morgan fingerprint density at radius 1 is 1.64 bits per heavy atom. The van der Waals surface area contributed by atoms with Crippen LogP contribution in [-0.2, 0) is 9.05 Å². The molecule has 0 rings (SSSR count). The first-order chi connectivity index (χ1) is 4.81. The van der Waals surface area contributed by atoms with E-state index in [1.165, 1.54) is 0 Å². The zero-order chi connectivity index (χ0) is 7.82. The van der Waals surface area contributed by atoms with Gasteiger partial charge >= 0.3 is 38.2 Å². The van der Waals surface area contributed by atoms with Crippen LogP contribution in [0.1, 0.15) is 14.8 Å². The molecule has 0 heterocycles. The van der Waals surface area contributed by atoms with Crippen molar-refractivity contribution in [3.05, 3.63) is 12.7 Å². The number of hydrogen-bond donors (Lipinski definition) is 1. The van der Waals surface area contributed by atoms with Gasteiger partial charge in [0.1, 0.15) is 0 Å². The van der Waals surface area contributed by atoms with Crippen molar-refractivity contribution in [1.29, 1.82) is 0 Å². The Bertz CT molecular complexity index is 96.9. The van der Waals surface area contributed by atoms with Gasteiger partial charge in [0.15, 0.2) is 0 Å². The molecule has 0 amide bonds. The van der Waals surface area contributed by atoms with E-state index < -0.39 is 8.60 Å². The third-order valence-corrected chi connectivity index (χ3v) is 1.48. The Morgan fingerprint density at radius 2 is 2.27 bits per heavy atom. The molecule has 0 aromatic rings. The summed E-state index contributed by atoms with van der Waals surface area (Å²) >= 11 is 0. The molecule has 5 heteroatoms. The first kappa shape index (κ1) is 14.6. The summed E-state index contributed by atoms with van der Waals surface area (Å²) in [6.07, 6.45) is 2.46. The molecular formula is C6H14NaO3P. The van der Waals surface area contributed by atoms with Crippen LogP contribution in [-0.4, -0.2) is 18.1 Å². The zero-order valence-electron chi connectivity index (χ0n) is 8.12. The second-order valence-electron chi connectivity index (χ2n) is 1.66.